The highest BCUT2D eigenvalue weighted by Crippen LogP contribution is 2.38. The molecule has 1 aromatic carbocycles. The van der Waals surface area contributed by atoms with Crippen LogP contribution in [0, 0.1) is 0 Å². The van der Waals surface area contributed by atoms with E-state index in [0.717, 1.165) is 36.3 Å². The molecule has 0 N–H and O–H groups in total. The van der Waals surface area contributed by atoms with Crippen molar-refractivity contribution in [1.82, 2.24) is 4.90 Å². The highest BCUT2D eigenvalue weighted by Gasteiger charge is 2.43. The number of amides is 2. The van der Waals surface area contributed by atoms with E-state index in [2.05, 4.69) is 0 Å². The van der Waals surface area contributed by atoms with E-state index in [0.29, 0.717) is 29.2 Å². The summed E-state index contributed by atoms with van der Waals surface area (Å²) < 4.78 is 38.5. The third-order valence-corrected chi connectivity index (χ3v) is 5.84. The number of thiophene rings is 1. The summed E-state index contributed by atoms with van der Waals surface area (Å²) in [6.07, 6.45) is -1.54. The van der Waals surface area contributed by atoms with E-state index >= 15 is 0 Å². The van der Waals surface area contributed by atoms with Gasteiger partial charge in [-0.25, -0.2) is 4.90 Å². The Kier molecular flexibility index (Phi) is 4.74. The van der Waals surface area contributed by atoms with Gasteiger partial charge in [0.05, 0.1) is 16.8 Å². The number of piperidine rings is 1. The average molecular weight is 406 g/mol. The van der Waals surface area contributed by atoms with Crippen LogP contribution in [0.2, 0.25) is 0 Å². The number of imide groups is 1. The lowest BCUT2D eigenvalue weighted by Crippen LogP contribution is -2.37. The van der Waals surface area contributed by atoms with Gasteiger partial charge in [-0.2, -0.15) is 13.2 Å². The van der Waals surface area contributed by atoms with E-state index in [9.17, 15) is 22.8 Å². The SMILES string of the molecule is O=C1C(c2cccs2)=C(N2CCCCC2)C(=O)N1c1ccc(C(F)(F)F)cc1. The molecule has 3 heterocycles. The molecule has 2 aliphatic heterocycles. The van der Waals surface area contributed by atoms with Crippen LogP contribution in [-0.2, 0) is 15.8 Å². The summed E-state index contributed by atoms with van der Waals surface area (Å²) >= 11 is 1.36. The van der Waals surface area contributed by atoms with Crippen LogP contribution < -0.4 is 4.90 Å². The smallest absolute Gasteiger partial charge is 0.366 e. The van der Waals surface area contributed by atoms with Gasteiger partial charge in [0.15, 0.2) is 0 Å². The Labute approximate surface area is 163 Å². The standard InChI is InChI=1S/C20H17F3N2O2S/c21-20(22,23)13-6-8-14(9-7-13)25-18(26)16(15-5-4-12-28-15)17(19(25)27)24-10-2-1-3-11-24/h4-9,12H,1-3,10-11H2. The van der Waals surface area contributed by atoms with Gasteiger partial charge < -0.3 is 4.90 Å². The molecule has 0 bridgehead atoms. The Morgan fingerprint density at radius 1 is 0.893 bits per heavy atom. The second-order valence-corrected chi connectivity index (χ2v) is 7.69. The van der Waals surface area contributed by atoms with Gasteiger partial charge in [0.1, 0.15) is 5.70 Å². The number of carbonyl (C=O) groups is 2. The Bertz CT molecular complexity index is 927. The number of rotatable bonds is 3. The summed E-state index contributed by atoms with van der Waals surface area (Å²) in [7, 11) is 0. The molecule has 4 nitrogen and oxygen atoms in total. The van der Waals surface area contributed by atoms with E-state index in [-0.39, 0.29) is 5.69 Å². The van der Waals surface area contributed by atoms with Crippen LogP contribution in [0.4, 0.5) is 18.9 Å². The minimum Gasteiger partial charge on any atom is -0.366 e. The van der Waals surface area contributed by atoms with Crippen molar-refractivity contribution in [2.75, 3.05) is 18.0 Å². The third kappa shape index (κ3) is 3.22. The maximum Gasteiger partial charge on any atom is 0.416 e. The number of alkyl halides is 3. The zero-order valence-corrected chi connectivity index (χ0v) is 15.6. The van der Waals surface area contributed by atoms with Gasteiger partial charge in [0, 0.05) is 18.0 Å². The molecule has 0 atom stereocenters. The summed E-state index contributed by atoms with van der Waals surface area (Å²) in [6, 6.07) is 7.71. The Hall–Kier alpha value is -2.61. The molecule has 2 amide bonds. The number of hydrogen-bond donors (Lipinski definition) is 0. The maximum atomic E-state index is 13.2. The fourth-order valence-corrected chi connectivity index (χ4v) is 4.37. The summed E-state index contributed by atoms with van der Waals surface area (Å²) in [5, 5.41) is 1.83. The predicted molar refractivity (Wildman–Crippen MR) is 101 cm³/mol. The lowest BCUT2D eigenvalue weighted by Gasteiger charge is -2.29. The van der Waals surface area contributed by atoms with Gasteiger partial charge in [-0.05, 0) is 55.0 Å². The van der Waals surface area contributed by atoms with Crippen LogP contribution in [-0.4, -0.2) is 29.8 Å². The monoisotopic (exact) mass is 406 g/mol. The van der Waals surface area contributed by atoms with Gasteiger partial charge in [0.25, 0.3) is 11.8 Å². The number of likely N-dealkylation sites (tertiary alicyclic amines) is 1. The summed E-state index contributed by atoms with van der Waals surface area (Å²) in [6.45, 7) is 1.37. The van der Waals surface area contributed by atoms with Crippen molar-refractivity contribution in [2.45, 2.75) is 25.4 Å². The second-order valence-electron chi connectivity index (χ2n) is 6.74. The van der Waals surface area contributed by atoms with Crippen LogP contribution in [0.15, 0.2) is 47.5 Å². The molecule has 2 aliphatic rings. The van der Waals surface area contributed by atoms with Gasteiger partial charge >= 0.3 is 6.18 Å². The van der Waals surface area contributed by atoms with Crippen molar-refractivity contribution in [3.05, 3.63) is 57.9 Å². The Balaban J connectivity index is 1.74. The number of benzene rings is 1. The lowest BCUT2D eigenvalue weighted by molar-refractivity contribution is -0.137. The molecular weight excluding hydrogens is 389 g/mol. The zero-order chi connectivity index (χ0) is 19.9. The van der Waals surface area contributed by atoms with Crippen molar-refractivity contribution in [3.63, 3.8) is 0 Å². The quantitative estimate of drug-likeness (QED) is 0.703. The number of hydrogen-bond acceptors (Lipinski definition) is 4. The maximum absolute atomic E-state index is 13.2. The molecule has 4 rings (SSSR count). The number of nitrogens with zero attached hydrogens (tertiary/aromatic N) is 2. The number of halogens is 3. The number of anilines is 1. The molecule has 0 radical (unpaired) electrons. The Morgan fingerprint density at radius 2 is 1.57 bits per heavy atom. The molecule has 1 fully saturated rings. The van der Waals surface area contributed by atoms with E-state index in [4.69, 9.17) is 0 Å². The highest BCUT2D eigenvalue weighted by atomic mass is 32.1. The van der Waals surface area contributed by atoms with Crippen LogP contribution >= 0.6 is 11.3 Å². The topological polar surface area (TPSA) is 40.6 Å². The molecule has 28 heavy (non-hydrogen) atoms. The lowest BCUT2D eigenvalue weighted by atomic mass is 10.1. The molecule has 1 saturated heterocycles. The first-order valence-corrected chi connectivity index (χ1v) is 9.85. The molecule has 0 aliphatic carbocycles. The van der Waals surface area contributed by atoms with Crippen molar-refractivity contribution in [2.24, 2.45) is 0 Å². The summed E-state index contributed by atoms with van der Waals surface area (Å²) in [4.78, 5) is 30.0. The molecule has 2 aromatic rings. The molecule has 8 heteroatoms. The van der Waals surface area contributed by atoms with Crippen molar-refractivity contribution >= 4 is 34.4 Å². The number of carbonyl (C=O) groups excluding carboxylic acids is 2. The van der Waals surface area contributed by atoms with Crippen molar-refractivity contribution in [3.8, 4) is 0 Å². The largest absolute Gasteiger partial charge is 0.416 e. The fourth-order valence-electron chi connectivity index (χ4n) is 3.61. The van der Waals surface area contributed by atoms with Gasteiger partial charge in [-0.1, -0.05) is 6.07 Å². The highest BCUT2D eigenvalue weighted by molar-refractivity contribution is 7.11. The third-order valence-electron chi connectivity index (χ3n) is 4.95. The van der Waals surface area contributed by atoms with Crippen LogP contribution in [0.1, 0.15) is 29.7 Å². The van der Waals surface area contributed by atoms with Crippen molar-refractivity contribution in [1.29, 1.82) is 0 Å². The predicted octanol–water partition coefficient (Wildman–Crippen LogP) is 4.54. The first-order chi connectivity index (χ1) is 13.4. The normalized spacial score (nSPS) is 18.4. The minimum atomic E-state index is -4.48. The van der Waals surface area contributed by atoms with E-state index in [1.807, 2.05) is 10.3 Å². The van der Waals surface area contributed by atoms with Crippen LogP contribution in [0.5, 0.6) is 0 Å². The van der Waals surface area contributed by atoms with Gasteiger partial charge in [-0.3, -0.25) is 9.59 Å². The molecule has 0 spiro atoms. The first kappa shape index (κ1) is 18.7. The molecule has 1 aromatic heterocycles. The minimum absolute atomic E-state index is 0.143. The van der Waals surface area contributed by atoms with Gasteiger partial charge in [0.2, 0.25) is 0 Å². The second kappa shape index (κ2) is 7.09. The first-order valence-electron chi connectivity index (χ1n) is 8.97. The molecule has 0 saturated carbocycles. The Morgan fingerprint density at radius 3 is 2.14 bits per heavy atom. The summed E-state index contributed by atoms with van der Waals surface area (Å²) in [5.41, 5.74) is 0.0101. The van der Waals surface area contributed by atoms with Crippen molar-refractivity contribution < 1.29 is 22.8 Å². The van der Waals surface area contributed by atoms with E-state index in [1.54, 1.807) is 12.1 Å². The van der Waals surface area contributed by atoms with Crippen LogP contribution in [0.3, 0.4) is 0 Å². The summed E-state index contributed by atoms with van der Waals surface area (Å²) in [5.74, 6) is -0.970. The molecule has 146 valence electrons. The van der Waals surface area contributed by atoms with Gasteiger partial charge in [-0.15, -0.1) is 11.3 Å². The molecular formula is C20H17F3N2O2S. The zero-order valence-electron chi connectivity index (χ0n) is 14.8. The fraction of sp³-hybridized carbons (Fsp3) is 0.300. The van der Waals surface area contributed by atoms with E-state index in [1.165, 1.54) is 23.5 Å². The van der Waals surface area contributed by atoms with Crippen LogP contribution in [0.25, 0.3) is 5.57 Å². The van der Waals surface area contributed by atoms with E-state index < -0.39 is 23.6 Å². The average Bonchev–Trinajstić information content (AvgIpc) is 3.28. The molecule has 0 unspecified atom stereocenters.